The summed E-state index contributed by atoms with van der Waals surface area (Å²) in [4.78, 5) is 21.5. The predicted molar refractivity (Wildman–Crippen MR) is 42.5 cm³/mol. The second-order valence-corrected chi connectivity index (χ2v) is 3.43. The first-order chi connectivity index (χ1) is 5.43. The number of carboxylic acid groups (broad SMARTS) is 1. The summed E-state index contributed by atoms with van der Waals surface area (Å²) in [7, 11) is 0. The molecule has 2 unspecified atom stereocenters. The molecule has 2 N–H and O–H groups in total. The summed E-state index contributed by atoms with van der Waals surface area (Å²) in [6.45, 7) is 4.99. The van der Waals surface area contributed by atoms with Gasteiger partial charge in [-0.15, -0.1) is 0 Å². The Morgan fingerprint density at radius 3 is 1.83 bits per heavy atom. The molecule has 68 valence electrons. The highest BCUT2D eigenvalue weighted by Gasteiger charge is 2.66. The van der Waals surface area contributed by atoms with Gasteiger partial charge < -0.3 is 10.4 Å². The third-order valence-corrected chi connectivity index (χ3v) is 2.81. The highest BCUT2D eigenvalue weighted by atomic mass is 16.4. The van der Waals surface area contributed by atoms with Crippen LogP contribution in [0.25, 0.3) is 0 Å². The number of nitrogens with one attached hydrogen (secondary N) is 1. The Bertz CT molecular complexity index is 228. The number of aliphatic carboxylic acids is 1. The molecule has 0 aromatic heterocycles. The van der Waals surface area contributed by atoms with Gasteiger partial charge in [-0.1, -0.05) is 13.8 Å². The first-order valence-corrected chi connectivity index (χ1v) is 3.95. The van der Waals surface area contributed by atoms with Crippen molar-refractivity contribution in [2.75, 3.05) is 0 Å². The van der Waals surface area contributed by atoms with Crippen LogP contribution in [0.5, 0.6) is 0 Å². The summed E-state index contributed by atoms with van der Waals surface area (Å²) >= 11 is 0. The summed E-state index contributed by atoms with van der Waals surface area (Å²) in [5.41, 5.74) is -0.994. The van der Waals surface area contributed by atoms with Gasteiger partial charge in [0.25, 0.3) is 0 Å². The molecule has 0 saturated heterocycles. The minimum atomic E-state index is -0.994. The number of carbonyl (C=O) groups excluding carboxylic acids is 1. The van der Waals surface area contributed by atoms with E-state index in [0.717, 1.165) is 0 Å². The SMILES string of the molecule is CC(=O)NC1(C(=O)O)C(C)[C@H]1C. The number of hydrogen-bond acceptors (Lipinski definition) is 2. The van der Waals surface area contributed by atoms with Crippen LogP contribution in [0.1, 0.15) is 20.8 Å². The van der Waals surface area contributed by atoms with Crippen LogP contribution in [-0.2, 0) is 9.59 Å². The summed E-state index contributed by atoms with van der Waals surface area (Å²) in [5.74, 6) is -1.16. The van der Waals surface area contributed by atoms with Gasteiger partial charge in [-0.3, -0.25) is 4.79 Å². The number of hydrogen-bond donors (Lipinski definition) is 2. The predicted octanol–water partition coefficient (Wildman–Crippen LogP) is 0.232. The Kier molecular flexibility index (Phi) is 1.86. The van der Waals surface area contributed by atoms with E-state index >= 15 is 0 Å². The van der Waals surface area contributed by atoms with Crippen LogP contribution in [0.3, 0.4) is 0 Å². The van der Waals surface area contributed by atoms with Crippen molar-refractivity contribution in [3.05, 3.63) is 0 Å². The van der Waals surface area contributed by atoms with Gasteiger partial charge in [-0.05, 0) is 11.8 Å². The van der Waals surface area contributed by atoms with Gasteiger partial charge in [0.15, 0.2) is 0 Å². The molecule has 4 nitrogen and oxygen atoms in total. The molecule has 1 amide bonds. The van der Waals surface area contributed by atoms with Crippen LogP contribution in [0.15, 0.2) is 0 Å². The average Bonchev–Trinajstić information content (AvgIpc) is 2.41. The molecule has 0 aromatic rings. The zero-order chi connectivity index (χ0) is 9.52. The number of carboxylic acids is 1. The molecule has 4 heteroatoms. The molecule has 1 fully saturated rings. The molecule has 12 heavy (non-hydrogen) atoms. The van der Waals surface area contributed by atoms with Crippen LogP contribution in [-0.4, -0.2) is 22.5 Å². The van der Waals surface area contributed by atoms with Gasteiger partial charge in [0.1, 0.15) is 5.54 Å². The van der Waals surface area contributed by atoms with Gasteiger partial charge in [-0.2, -0.15) is 0 Å². The highest BCUT2D eigenvalue weighted by molar-refractivity contribution is 5.90. The molecular weight excluding hydrogens is 158 g/mol. The van der Waals surface area contributed by atoms with Crippen molar-refractivity contribution >= 4 is 11.9 Å². The topological polar surface area (TPSA) is 66.4 Å². The molecular formula is C8H13NO3. The first-order valence-electron chi connectivity index (χ1n) is 3.95. The van der Waals surface area contributed by atoms with Crippen LogP contribution in [0.2, 0.25) is 0 Å². The lowest BCUT2D eigenvalue weighted by Crippen LogP contribution is -2.44. The fourth-order valence-electron chi connectivity index (χ4n) is 1.74. The maximum Gasteiger partial charge on any atom is 0.330 e. The zero-order valence-electron chi connectivity index (χ0n) is 7.42. The molecule has 1 aliphatic rings. The van der Waals surface area contributed by atoms with Crippen molar-refractivity contribution in [1.29, 1.82) is 0 Å². The Morgan fingerprint density at radius 1 is 1.33 bits per heavy atom. The molecule has 0 aliphatic heterocycles. The van der Waals surface area contributed by atoms with E-state index in [9.17, 15) is 9.59 Å². The normalized spacial score (nSPS) is 38.9. The summed E-state index contributed by atoms with van der Waals surface area (Å²) in [6.07, 6.45) is 0. The van der Waals surface area contributed by atoms with Crippen molar-refractivity contribution in [1.82, 2.24) is 5.32 Å². The van der Waals surface area contributed by atoms with Crippen LogP contribution in [0.4, 0.5) is 0 Å². The van der Waals surface area contributed by atoms with E-state index in [-0.39, 0.29) is 17.7 Å². The van der Waals surface area contributed by atoms with E-state index < -0.39 is 11.5 Å². The fourth-order valence-corrected chi connectivity index (χ4v) is 1.74. The van der Waals surface area contributed by atoms with Crippen LogP contribution < -0.4 is 5.32 Å². The standard InChI is InChI=1S/C8H13NO3/c1-4-5(2)8(4,7(11)12)9-6(3)10/h4-5H,1-3H3,(H,9,10)(H,11,12)/t4-,5?,8?/m1/s1. The highest BCUT2D eigenvalue weighted by Crippen LogP contribution is 2.49. The van der Waals surface area contributed by atoms with Crippen molar-refractivity contribution in [3.8, 4) is 0 Å². The zero-order valence-corrected chi connectivity index (χ0v) is 7.42. The van der Waals surface area contributed by atoms with E-state index in [1.54, 1.807) is 0 Å². The monoisotopic (exact) mass is 171 g/mol. The van der Waals surface area contributed by atoms with Gasteiger partial charge in [0.2, 0.25) is 5.91 Å². The number of carbonyl (C=O) groups is 2. The van der Waals surface area contributed by atoms with E-state index in [4.69, 9.17) is 5.11 Å². The van der Waals surface area contributed by atoms with E-state index in [2.05, 4.69) is 5.32 Å². The Hall–Kier alpha value is -1.06. The molecule has 1 rings (SSSR count). The van der Waals surface area contributed by atoms with Gasteiger partial charge in [0, 0.05) is 6.92 Å². The lowest BCUT2D eigenvalue weighted by atomic mass is 10.2. The lowest BCUT2D eigenvalue weighted by Gasteiger charge is -2.12. The van der Waals surface area contributed by atoms with E-state index in [1.807, 2.05) is 13.8 Å². The third kappa shape index (κ3) is 0.983. The lowest BCUT2D eigenvalue weighted by molar-refractivity contribution is -0.143. The maximum atomic E-state index is 10.8. The smallest absolute Gasteiger partial charge is 0.330 e. The average molecular weight is 171 g/mol. The molecule has 0 spiro atoms. The van der Waals surface area contributed by atoms with Crippen molar-refractivity contribution in [2.24, 2.45) is 11.8 Å². The molecule has 0 radical (unpaired) electrons. The second kappa shape index (κ2) is 2.47. The number of amides is 1. The largest absolute Gasteiger partial charge is 0.479 e. The van der Waals surface area contributed by atoms with Gasteiger partial charge in [-0.25, -0.2) is 4.79 Å². The minimum absolute atomic E-state index is 0.0268. The van der Waals surface area contributed by atoms with Crippen molar-refractivity contribution in [3.63, 3.8) is 0 Å². The fraction of sp³-hybridized carbons (Fsp3) is 0.750. The Morgan fingerprint density at radius 2 is 1.75 bits per heavy atom. The van der Waals surface area contributed by atoms with Crippen LogP contribution >= 0.6 is 0 Å². The Labute approximate surface area is 71.0 Å². The summed E-state index contributed by atoms with van der Waals surface area (Å²) < 4.78 is 0. The first kappa shape index (κ1) is 9.03. The van der Waals surface area contributed by atoms with E-state index in [1.165, 1.54) is 6.92 Å². The summed E-state index contributed by atoms with van der Waals surface area (Å²) in [5, 5.41) is 11.4. The molecule has 0 aromatic carbocycles. The molecule has 3 atom stereocenters. The quantitative estimate of drug-likeness (QED) is 0.625. The van der Waals surface area contributed by atoms with Gasteiger partial charge in [0.05, 0.1) is 0 Å². The second-order valence-electron chi connectivity index (χ2n) is 3.43. The molecule has 0 bridgehead atoms. The van der Waals surface area contributed by atoms with Crippen LogP contribution in [0, 0.1) is 11.8 Å². The molecule has 1 saturated carbocycles. The third-order valence-electron chi connectivity index (χ3n) is 2.81. The van der Waals surface area contributed by atoms with Crippen molar-refractivity contribution < 1.29 is 14.7 Å². The van der Waals surface area contributed by atoms with E-state index in [0.29, 0.717) is 0 Å². The molecule has 0 heterocycles. The molecule has 1 aliphatic carbocycles. The van der Waals surface area contributed by atoms with Gasteiger partial charge >= 0.3 is 5.97 Å². The minimum Gasteiger partial charge on any atom is -0.479 e. The van der Waals surface area contributed by atoms with Crippen molar-refractivity contribution in [2.45, 2.75) is 26.3 Å². The summed E-state index contributed by atoms with van der Waals surface area (Å²) in [6, 6.07) is 0. The number of rotatable bonds is 2. The maximum absolute atomic E-state index is 10.8. The Balaban J connectivity index is 2.78.